The van der Waals surface area contributed by atoms with E-state index in [1.807, 2.05) is 24.5 Å². The van der Waals surface area contributed by atoms with E-state index in [1.165, 1.54) is 0 Å². The highest BCUT2D eigenvalue weighted by Crippen LogP contribution is 2.42. The number of nitrogens with one attached hydrogen (secondary N) is 2. The highest BCUT2D eigenvalue weighted by molar-refractivity contribution is 5.88. The Kier molecular flexibility index (Phi) is 5.01. The zero-order chi connectivity index (χ0) is 18.7. The SMILES string of the molecule is CCCOC(OCCC)(c1c[nH]c2ccccc12)c1c[nH]c2ccccc12. The van der Waals surface area contributed by atoms with Crippen LogP contribution in [0.4, 0.5) is 0 Å². The molecule has 2 heterocycles. The molecule has 4 heteroatoms. The number of hydrogen-bond donors (Lipinski definition) is 2. The van der Waals surface area contributed by atoms with Crippen LogP contribution in [0.1, 0.15) is 37.8 Å². The van der Waals surface area contributed by atoms with Gasteiger partial charge in [0.15, 0.2) is 0 Å². The van der Waals surface area contributed by atoms with Gasteiger partial charge in [0.2, 0.25) is 5.79 Å². The average Bonchev–Trinajstić information content (AvgIpc) is 3.34. The molecular formula is C23H26N2O2. The number of para-hydroxylation sites is 2. The third kappa shape index (κ3) is 3.05. The second-order valence-corrected chi connectivity index (χ2v) is 6.81. The van der Waals surface area contributed by atoms with Gasteiger partial charge in [-0.15, -0.1) is 0 Å². The van der Waals surface area contributed by atoms with Gasteiger partial charge in [-0.05, 0) is 25.0 Å². The van der Waals surface area contributed by atoms with Crippen molar-refractivity contribution in [1.29, 1.82) is 0 Å². The Morgan fingerprint density at radius 3 is 1.59 bits per heavy atom. The molecule has 2 aromatic carbocycles. The van der Waals surface area contributed by atoms with Gasteiger partial charge in [-0.3, -0.25) is 0 Å². The topological polar surface area (TPSA) is 50.0 Å². The lowest BCUT2D eigenvalue weighted by Gasteiger charge is -2.34. The third-order valence-corrected chi connectivity index (χ3v) is 4.91. The lowest BCUT2D eigenvalue weighted by molar-refractivity contribution is -0.216. The summed E-state index contributed by atoms with van der Waals surface area (Å²) in [4.78, 5) is 6.77. The van der Waals surface area contributed by atoms with Crippen molar-refractivity contribution in [2.24, 2.45) is 0 Å². The largest absolute Gasteiger partial charge is 0.361 e. The van der Waals surface area contributed by atoms with Crippen LogP contribution in [-0.4, -0.2) is 23.2 Å². The summed E-state index contributed by atoms with van der Waals surface area (Å²) in [7, 11) is 0. The van der Waals surface area contributed by atoms with E-state index in [0.29, 0.717) is 13.2 Å². The lowest BCUT2D eigenvalue weighted by Crippen LogP contribution is -2.35. The van der Waals surface area contributed by atoms with Crippen molar-refractivity contribution in [2.75, 3.05) is 13.2 Å². The van der Waals surface area contributed by atoms with E-state index in [4.69, 9.17) is 9.47 Å². The van der Waals surface area contributed by atoms with Crippen molar-refractivity contribution >= 4 is 21.8 Å². The molecule has 4 nitrogen and oxygen atoms in total. The Balaban J connectivity index is 1.98. The average molecular weight is 362 g/mol. The van der Waals surface area contributed by atoms with E-state index in [2.05, 4.69) is 60.2 Å². The minimum atomic E-state index is -0.953. The summed E-state index contributed by atoms with van der Waals surface area (Å²) in [6, 6.07) is 16.6. The van der Waals surface area contributed by atoms with E-state index in [9.17, 15) is 0 Å². The molecule has 4 rings (SSSR count). The molecule has 0 unspecified atom stereocenters. The fourth-order valence-corrected chi connectivity index (χ4v) is 3.68. The van der Waals surface area contributed by atoms with Crippen LogP contribution in [0.5, 0.6) is 0 Å². The molecule has 0 saturated carbocycles. The van der Waals surface area contributed by atoms with Gasteiger partial charge in [0, 0.05) is 45.3 Å². The highest BCUT2D eigenvalue weighted by atomic mass is 16.7. The van der Waals surface area contributed by atoms with Crippen LogP contribution in [0, 0.1) is 0 Å². The standard InChI is InChI=1S/C23H26N2O2/c1-3-13-26-23(27-14-4-2,19-15-24-21-11-7-5-9-17(19)21)20-16-25-22-12-8-6-10-18(20)22/h5-12,15-16,24-25H,3-4,13-14H2,1-2H3. The molecule has 2 aromatic heterocycles. The second kappa shape index (κ2) is 7.59. The molecule has 0 spiro atoms. The van der Waals surface area contributed by atoms with Crippen molar-refractivity contribution in [3.05, 3.63) is 72.1 Å². The van der Waals surface area contributed by atoms with E-state index >= 15 is 0 Å². The van der Waals surface area contributed by atoms with Gasteiger partial charge in [0.1, 0.15) is 0 Å². The molecule has 0 amide bonds. The first-order valence-electron chi connectivity index (χ1n) is 9.71. The molecule has 0 aliphatic rings. The zero-order valence-corrected chi connectivity index (χ0v) is 15.9. The summed E-state index contributed by atoms with van der Waals surface area (Å²) in [6.45, 7) is 5.47. The molecule has 0 fully saturated rings. The van der Waals surface area contributed by atoms with Crippen LogP contribution in [0.2, 0.25) is 0 Å². The van der Waals surface area contributed by atoms with Gasteiger partial charge < -0.3 is 19.4 Å². The Hall–Kier alpha value is -2.56. The molecule has 0 bridgehead atoms. The number of fused-ring (bicyclic) bond motifs is 2. The molecule has 0 aliphatic heterocycles. The first-order chi connectivity index (χ1) is 13.3. The zero-order valence-electron chi connectivity index (χ0n) is 15.9. The molecule has 0 aliphatic carbocycles. The molecule has 0 radical (unpaired) electrons. The van der Waals surface area contributed by atoms with Gasteiger partial charge >= 0.3 is 0 Å². The predicted molar refractivity (Wildman–Crippen MR) is 110 cm³/mol. The fraction of sp³-hybridized carbons (Fsp3) is 0.304. The Morgan fingerprint density at radius 1 is 0.704 bits per heavy atom. The maximum absolute atomic E-state index is 6.52. The smallest absolute Gasteiger partial charge is 0.226 e. The molecule has 2 N–H and O–H groups in total. The number of hydrogen-bond acceptors (Lipinski definition) is 2. The molecular weight excluding hydrogens is 336 g/mol. The number of H-pyrrole nitrogens is 2. The quantitative estimate of drug-likeness (QED) is 0.395. The molecule has 0 atom stereocenters. The van der Waals surface area contributed by atoms with Gasteiger partial charge in [-0.1, -0.05) is 50.2 Å². The van der Waals surface area contributed by atoms with Gasteiger partial charge in [-0.2, -0.15) is 0 Å². The third-order valence-electron chi connectivity index (χ3n) is 4.91. The summed E-state index contributed by atoms with van der Waals surface area (Å²) in [5.74, 6) is -0.953. The van der Waals surface area contributed by atoms with Gasteiger partial charge in [0.25, 0.3) is 0 Å². The molecule has 4 aromatic rings. The van der Waals surface area contributed by atoms with Crippen LogP contribution in [-0.2, 0) is 15.3 Å². The van der Waals surface area contributed by atoms with Crippen molar-refractivity contribution in [1.82, 2.24) is 9.97 Å². The van der Waals surface area contributed by atoms with Gasteiger partial charge in [0.05, 0.1) is 13.2 Å². The van der Waals surface area contributed by atoms with Crippen LogP contribution < -0.4 is 0 Å². The van der Waals surface area contributed by atoms with Gasteiger partial charge in [-0.25, -0.2) is 0 Å². The molecule has 27 heavy (non-hydrogen) atoms. The first-order valence-corrected chi connectivity index (χ1v) is 9.71. The summed E-state index contributed by atoms with van der Waals surface area (Å²) in [5.41, 5.74) is 4.20. The maximum atomic E-state index is 6.52. The fourth-order valence-electron chi connectivity index (χ4n) is 3.68. The van der Waals surface area contributed by atoms with Crippen LogP contribution in [0.15, 0.2) is 60.9 Å². The van der Waals surface area contributed by atoms with E-state index in [-0.39, 0.29) is 0 Å². The Bertz CT molecular complexity index is 947. The number of aromatic nitrogens is 2. The minimum absolute atomic E-state index is 0.614. The highest BCUT2D eigenvalue weighted by Gasteiger charge is 2.40. The number of ether oxygens (including phenoxy) is 2. The minimum Gasteiger partial charge on any atom is -0.361 e. The summed E-state index contributed by atoms with van der Waals surface area (Å²) in [5, 5.41) is 2.24. The normalized spacial score (nSPS) is 12.2. The van der Waals surface area contributed by atoms with Crippen molar-refractivity contribution < 1.29 is 9.47 Å². The molecule has 0 saturated heterocycles. The van der Waals surface area contributed by atoms with Crippen LogP contribution in [0.25, 0.3) is 21.8 Å². The summed E-state index contributed by atoms with van der Waals surface area (Å²) in [6.07, 6.45) is 5.89. The number of benzene rings is 2. The predicted octanol–water partition coefficient (Wildman–Crippen LogP) is 5.70. The Labute approximate surface area is 159 Å². The summed E-state index contributed by atoms with van der Waals surface area (Å²) >= 11 is 0. The summed E-state index contributed by atoms with van der Waals surface area (Å²) < 4.78 is 13.0. The lowest BCUT2D eigenvalue weighted by atomic mass is 9.95. The molecule has 140 valence electrons. The van der Waals surface area contributed by atoms with E-state index < -0.39 is 5.79 Å². The number of aromatic amines is 2. The number of rotatable bonds is 8. The first kappa shape index (κ1) is 17.8. The van der Waals surface area contributed by atoms with Crippen molar-refractivity contribution in [2.45, 2.75) is 32.5 Å². The van der Waals surface area contributed by atoms with Crippen molar-refractivity contribution in [3.63, 3.8) is 0 Å². The van der Waals surface area contributed by atoms with Crippen molar-refractivity contribution in [3.8, 4) is 0 Å². The van der Waals surface area contributed by atoms with E-state index in [1.54, 1.807) is 0 Å². The maximum Gasteiger partial charge on any atom is 0.226 e. The van der Waals surface area contributed by atoms with E-state index in [0.717, 1.165) is 45.8 Å². The van der Waals surface area contributed by atoms with Crippen LogP contribution >= 0.6 is 0 Å². The Morgan fingerprint density at radius 2 is 1.15 bits per heavy atom. The second-order valence-electron chi connectivity index (χ2n) is 6.81. The monoisotopic (exact) mass is 362 g/mol. The van der Waals surface area contributed by atoms with Crippen LogP contribution in [0.3, 0.4) is 0 Å².